The molecule has 10 heteroatoms. The van der Waals surface area contributed by atoms with E-state index in [1.807, 2.05) is 36.4 Å². The van der Waals surface area contributed by atoms with E-state index in [0.717, 1.165) is 12.8 Å². The van der Waals surface area contributed by atoms with Gasteiger partial charge in [-0.3, -0.25) is 0 Å². The summed E-state index contributed by atoms with van der Waals surface area (Å²) in [6, 6.07) is 29.3. The summed E-state index contributed by atoms with van der Waals surface area (Å²) < 4.78 is 0. The Labute approximate surface area is 382 Å². The Hall–Kier alpha value is -6.26. The first kappa shape index (κ1) is 50.4. The summed E-state index contributed by atoms with van der Waals surface area (Å²) in [5.74, 6) is -0.177. The van der Waals surface area contributed by atoms with Gasteiger partial charge in [-0.15, -0.1) is 0 Å². The Balaban J connectivity index is 1.28. The van der Waals surface area contributed by atoms with Gasteiger partial charge in [-0.2, -0.15) is 31.0 Å². The van der Waals surface area contributed by atoms with E-state index < -0.39 is 0 Å². The summed E-state index contributed by atoms with van der Waals surface area (Å²) in [4.78, 5) is 8.33. The Bertz CT molecular complexity index is 2050. The number of aryl methyl sites for hydroxylation is 2. The molecule has 0 fully saturated rings. The Kier molecular flexibility index (Phi) is 24.2. The van der Waals surface area contributed by atoms with Crippen molar-refractivity contribution in [2.45, 2.75) is 155 Å². The number of aromatic hydroxyl groups is 2. The summed E-state index contributed by atoms with van der Waals surface area (Å²) in [6.45, 7) is 4.51. The fraction of sp³-hybridized carbons (Fsp3) is 0.444. The highest BCUT2D eigenvalue weighted by atomic mass is 16.3. The Morgan fingerprint density at radius 1 is 0.422 bits per heavy atom. The summed E-state index contributed by atoms with van der Waals surface area (Å²) >= 11 is 0. The van der Waals surface area contributed by atoms with Crippen LogP contribution >= 0.6 is 0 Å². The molecule has 2 N–H and O–H groups in total. The first-order valence-electron chi connectivity index (χ1n) is 23.7. The van der Waals surface area contributed by atoms with Gasteiger partial charge >= 0.3 is 0 Å². The van der Waals surface area contributed by atoms with Crippen molar-refractivity contribution in [1.82, 2.24) is 0 Å². The highest BCUT2D eigenvalue weighted by Crippen LogP contribution is 2.27. The minimum absolute atomic E-state index is 0.0884. The Morgan fingerprint density at radius 3 is 1.05 bits per heavy atom. The zero-order valence-electron chi connectivity index (χ0n) is 38.3. The fourth-order valence-corrected chi connectivity index (χ4v) is 7.29. The zero-order valence-corrected chi connectivity index (χ0v) is 38.3. The molecule has 0 aliphatic heterocycles. The van der Waals surface area contributed by atoms with Gasteiger partial charge in [0.2, 0.25) is 0 Å². The van der Waals surface area contributed by atoms with Crippen LogP contribution in [-0.2, 0) is 12.8 Å². The van der Waals surface area contributed by atoms with Crippen LogP contribution in [-0.4, -0.2) is 22.6 Å². The quantitative estimate of drug-likeness (QED) is 0.0231. The lowest BCUT2D eigenvalue weighted by molar-refractivity contribution is 0.474. The van der Waals surface area contributed by atoms with Crippen LogP contribution < -0.4 is 0 Å². The third kappa shape index (κ3) is 19.8. The van der Waals surface area contributed by atoms with Crippen molar-refractivity contribution >= 4 is 35.2 Å². The largest absolute Gasteiger partial charge is 0.507 e. The summed E-state index contributed by atoms with van der Waals surface area (Å²) in [5.41, 5.74) is 4.90. The maximum absolute atomic E-state index is 10.5. The Morgan fingerprint density at radius 2 is 0.719 bits per heavy atom. The number of hydrogen-bond acceptors (Lipinski definition) is 10. The number of azo groups is 2. The molecule has 0 unspecified atom stereocenters. The second kappa shape index (κ2) is 30.7. The molecule has 64 heavy (non-hydrogen) atoms. The average Bonchev–Trinajstić information content (AvgIpc) is 3.32. The molecule has 4 rings (SSSR count). The van der Waals surface area contributed by atoms with Crippen molar-refractivity contribution in [3.05, 3.63) is 119 Å². The van der Waals surface area contributed by atoms with E-state index >= 15 is 0 Å². The van der Waals surface area contributed by atoms with Crippen LogP contribution in [0, 0.1) is 22.7 Å². The van der Waals surface area contributed by atoms with Crippen molar-refractivity contribution < 1.29 is 10.2 Å². The molecule has 0 radical (unpaired) electrons. The van der Waals surface area contributed by atoms with Gasteiger partial charge in [0.1, 0.15) is 23.6 Å². The third-order valence-electron chi connectivity index (χ3n) is 11.2. The first-order valence-corrected chi connectivity index (χ1v) is 23.7. The van der Waals surface area contributed by atoms with Gasteiger partial charge < -0.3 is 10.2 Å². The van der Waals surface area contributed by atoms with Crippen molar-refractivity contribution in [3.8, 4) is 23.6 Å². The molecular formula is C54H68N8O2. The van der Waals surface area contributed by atoms with Crippen LogP contribution in [0.1, 0.15) is 165 Å². The van der Waals surface area contributed by atoms with Crippen molar-refractivity contribution in [2.24, 2.45) is 30.4 Å². The van der Waals surface area contributed by atoms with Crippen molar-refractivity contribution in [3.63, 3.8) is 0 Å². The number of benzene rings is 4. The van der Waals surface area contributed by atoms with Gasteiger partial charge in [0.25, 0.3) is 0 Å². The van der Waals surface area contributed by atoms with Crippen LogP contribution in [0.5, 0.6) is 11.5 Å². The number of nitrogens with zero attached hydrogens (tertiary/aromatic N) is 8. The molecule has 0 saturated carbocycles. The average molecular weight is 861 g/mol. The molecule has 0 heterocycles. The van der Waals surface area contributed by atoms with E-state index in [2.05, 4.69) is 68.6 Å². The number of nitriles is 2. The van der Waals surface area contributed by atoms with E-state index in [0.29, 0.717) is 22.7 Å². The molecule has 4 aromatic carbocycles. The number of phenolic OH excluding ortho intramolecular Hbond substituents is 2. The van der Waals surface area contributed by atoms with Gasteiger partial charge in [0.05, 0.1) is 22.7 Å². The number of hydrogen-bond donors (Lipinski definition) is 2. The standard InChI is InChI=1S/C54H68N8O2/c1-3-5-7-9-11-13-15-17-19-21-23-43-25-29-47(30-26-43)59-61-49-33-35-53(63)45(37-49)41-57-51(39-55)52(40-56)58-42-46-38-50(34-36-54(46)64)62-60-48-31-27-44(28-32-48)24-22-20-18-16-14-12-10-8-6-4-2/h25-38,41-42,63-64H,3-24H2,1-2H3/b52-51-,57-41?,58-42?,61-59?,62-60?. The molecule has 0 aliphatic rings. The lowest BCUT2D eigenvalue weighted by Gasteiger charge is -2.04. The van der Waals surface area contributed by atoms with E-state index in [1.165, 1.54) is 164 Å². The number of phenols is 2. The first-order chi connectivity index (χ1) is 31.4. The molecule has 0 saturated heterocycles. The molecule has 336 valence electrons. The maximum Gasteiger partial charge on any atom is 0.176 e. The molecule has 0 amide bonds. The second-order valence-corrected chi connectivity index (χ2v) is 16.5. The number of rotatable bonds is 30. The van der Waals surface area contributed by atoms with Crippen LogP contribution in [0.2, 0.25) is 0 Å². The minimum Gasteiger partial charge on any atom is -0.507 e. The molecule has 0 aromatic heterocycles. The second-order valence-electron chi connectivity index (χ2n) is 16.5. The molecule has 0 aliphatic carbocycles. The van der Waals surface area contributed by atoms with Crippen molar-refractivity contribution in [1.29, 1.82) is 10.5 Å². The molecule has 10 nitrogen and oxygen atoms in total. The minimum atomic E-state index is -0.282. The fourth-order valence-electron chi connectivity index (χ4n) is 7.29. The third-order valence-corrected chi connectivity index (χ3v) is 11.2. The van der Waals surface area contributed by atoms with Gasteiger partial charge in [-0.05, 0) is 97.5 Å². The SMILES string of the molecule is CCCCCCCCCCCCc1ccc(N=Nc2ccc(O)c(C=N/C(C#N)=C(/C#N)N=Cc3cc(N=Nc4ccc(CCCCCCCCCCCC)cc4)ccc3O)c2)cc1. The van der Waals surface area contributed by atoms with E-state index in [-0.39, 0.29) is 34.0 Å². The zero-order chi connectivity index (χ0) is 45.5. The number of unbranched alkanes of at least 4 members (excludes halogenated alkanes) is 18. The monoisotopic (exact) mass is 861 g/mol. The topological polar surface area (TPSA) is 162 Å². The smallest absolute Gasteiger partial charge is 0.176 e. The van der Waals surface area contributed by atoms with E-state index in [9.17, 15) is 20.7 Å². The molecule has 0 spiro atoms. The van der Waals surface area contributed by atoms with Gasteiger partial charge in [0.15, 0.2) is 11.4 Å². The summed E-state index contributed by atoms with van der Waals surface area (Å²) in [7, 11) is 0. The molecule has 4 aromatic rings. The van der Waals surface area contributed by atoms with Crippen LogP contribution in [0.25, 0.3) is 0 Å². The summed E-state index contributed by atoms with van der Waals surface area (Å²) in [5, 5.41) is 58.2. The number of aliphatic imine (C=N–C) groups is 2. The lowest BCUT2D eigenvalue weighted by atomic mass is 10.0. The van der Waals surface area contributed by atoms with Crippen LogP contribution in [0.4, 0.5) is 22.7 Å². The summed E-state index contributed by atoms with van der Waals surface area (Å²) in [6.07, 6.45) is 31.0. The van der Waals surface area contributed by atoms with Gasteiger partial charge in [0, 0.05) is 23.6 Å². The predicted molar refractivity (Wildman–Crippen MR) is 262 cm³/mol. The van der Waals surface area contributed by atoms with Gasteiger partial charge in [-0.25, -0.2) is 9.98 Å². The highest BCUT2D eigenvalue weighted by Gasteiger charge is 2.08. The lowest BCUT2D eigenvalue weighted by Crippen LogP contribution is -1.89. The molecule has 0 bridgehead atoms. The molecule has 0 atom stereocenters. The van der Waals surface area contributed by atoms with Crippen LogP contribution in [0.15, 0.2) is 127 Å². The maximum atomic E-state index is 10.5. The van der Waals surface area contributed by atoms with E-state index in [4.69, 9.17) is 0 Å². The van der Waals surface area contributed by atoms with Gasteiger partial charge in [-0.1, -0.05) is 154 Å². The van der Waals surface area contributed by atoms with Crippen LogP contribution in [0.3, 0.4) is 0 Å². The normalized spacial score (nSPS) is 12.1. The highest BCUT2D eigenvalue weighted by molar-refractivity contribution is 5.87. The predicted octanol–water partition coefficient (Wildman–Crippen LogP) is 16.7. The van der Waals surface area contributed by atoms with Crippen molar-refractivity contribution in [2.75, 3.05) is 0 Å². The number of allylic oxidation sites excluding steroid dienone is 2. The molecular weight excluding hydrogens is 793 g/mol. The van der Waals surface area contributed by atoms with E-state index in [1.54, 1.807) is 24.3 Å².